The Bertz CT molecular complexity index is 846. The molecule has 2 fully saturated rings. The van der Waals surface area contributed by atoms with E-state index >= 15 is 0 Å². The summed E-state index contributed by atoms with van der Waals surface area (Å²) in [5, 5.41) is 12.4. The lowest BCUT2D eigenvalue weighted by molar-refractivity contribution is 0.0509. The number of carbonyl (C=O) groups is 1. The SMILES string of the molecule is [C-]#[N+]c1c(N2CC[C@H](NC(=O)OC(C)(C)C)C2)nc(Cl)c(C#N)c1C1CC1. The monoisotopic (exact) mass is 387 g/mol. The fourth-order valence-corrected chi connectivity index (χ4v) is 3.53. The van der Waals surface area contributed by atoms with Gasteiger partial charge in [-0.25, -0.2) is 14.6 Å². The van der Waals surface area contributed by atoms with Gasteiger partial charge in [0, 0.05) is 13.1 Å². The number of nitriles is 1. The van der Waals surface area contributed by atoms with Crippen LogP contribution in [0.4, 0.5) is 16.3 Å². The standard InChI is InChI=1S/C19H22ClN5O2/c1-19(2,3)27-18(26)23-12-7-8-25(10-12)17-15(22-4)14(11-5-6-11)13(9-21)16(20)24-17/h11-12H,5-8,10H2,1-3H3,(H,23,26)/t12-/m0/s1. The van der Waals surface area contributed by atoms with Crippen LogP contribution in [0.25, 0.3) is 4.85 Å². The summed E-state index contributed by atoms with van der Waals surface area (Å²) >= 11 is 6.25. The zero-order chi connectivity index (χ0) is 19.8. The molecule has 142 valence electrons. The van der Waals surface area contributed by atoms with E-state index < -0.39 is 11.7 Å². The number of pyridine rings is 1. The average Bonchev–Trinajstić information content (AvgIpc) is 3.31. The molecule has 0 aromatic carbocycles. The molecule has 8 heteroatoms. The van der Waals surface area contributed by atoms with Gasteiger partial charge >= 0.3 is 6.09 Å². The largest absolute Gasteiger partial charge is 0.444 e. The summed E-state index contributed by atoms with van der Waals surface area (Å²) in [4.78, 5) is 22.0. The van der Waals surface area contributed by atoms with Crippen LogP contribution >= 0.6 is 11.6 Å². The van der Waals surface area contributed by atoms with Crippen LogP contribution in [0, 0.1) is 17.9 Å². The zero-order valence-electron chi connectivity index (χ0n) is 15.7. The molecule has 1 aliphatic heterocycles. The van der Waals surface area contributed by atoms with Gasteiger partial charge in [-0.1, -0.05) is 11.6 Å². The van der Waals surface area contributed by atoms with Crippen LogP contribution in [0.1, 0.15) is 57.1 Å². The third-order valence-electron chi connectivity index (χ3n) is 4.56. The highest BCUT2D eigenvalue weighted by molar-refractivity contribution is 6.31. The average molecular weight is 388 g/mol. The minimum absolute atomic E-state index is 0.0981. The fraction of sp³-hybridized carbons (Fsp3) is 0.579. The smallest absolute Gasteiger partial charge is 0.407 e. The molecular formula is C19H22ClN5O2. The Morgan fingerprint density at radius 2 is 2.15 bits per heavy atom. The lowest BCUT2D eigenvalue weighted by atomic mass is 10.0. The number of carbonyl (C=O) groups excluding carboxylic acids is 1. The maximum absolute atomic E-state index is 12.0. The van der Waals surface area contributed by atoms with E-state index in [0.29, 0.717) is 30.2 Å². The number of nitrogens with one attached hydrogen (secondary N) is 1. The Hall–Kier alpha value is -2.51. The molecule has 2 heterocycles. The van der Waals surface area contributed by atoms with E-state index in [1.165, 1.54) is 0 Å². The molecule has 1 atom stereocenters. The van der Waals surface area contributed by atoms with Crippen molar-refractivity contribution >= 4 is 29.2 Å². The van der Waals surface area contributed by atoms with Gasteiger partial charge in [0.15, 0.2) is 0 Å². The molecule has 1 saturated carbocycles. The zero-order valence-corrected chi connectivity index (χ0v) is 16.4. The maximum Gasteiger partial charge on any atom is 0.407 e. The summed E-state index contributed by atoms with van der Waals surface area (Å²) in [5.41, 5.74) is 0.903. The van der Waals surface area contributed by atoms with E-state index in [4.69, 9.17) is 22.9 Å². The number of nitrogens with zero attached hydrogens (tertiary/aromatic N) is 4. The Balaban J connectivity index is 1.81. The highest BCUT2D eigenvalue weighted by atomic mass is 35.5. The van der Waals surface area contributed by atoms with Crippen molar-refractivity contribution in [1.82, 2.24) is 10.3 Å². The van der Waals surface area contributed by atoms with Crippen LogP contribution in [0.2, 0.25) is 5.15 Å². The number of aromatic nitrogens is 1. The number of hydrogen-bond acceptors (Lipinski definition) is 5. The molecule has 0 spiro atoms. The molecule has 1 aromatic rings. The van der Waals surface area contributed by atoms with Crippen LogP contribution in [0.5, 0.6) is 0 Å². The van der Waals surface area contributed by atoms with E-state index in [-0.39, 0.29) is 17.1 Å². The first-order chi connectivity index (χ1) is 12.7. The van der Waals surface area contributed by atoms with Crippen molar-refractivity contribution in [2.75, 3.05) is 18.0 Å². The summed E-state index contributed by atoms with van der Waals surface area (Å²) in [6.07, 6.45) is 2.18. The molecule has 1 aliphatic carbocycles. The van der Waals surface area contributed by atoms with E-state index in [1.807, 2.05) is 25.7 Å². The van der Waals surface area contributed by atoms with Crippen molar-refractivity contribution in [3.63, 3.8) is 0 Å². The van der Waals surface area contributed by atoms with Gasteiger partial charge in [-0.3, -0.25) is 0 Å². The Kier molecular flexibility index (Phi) is 5.17. The first-order valence-electron chi connectivity index (χ1n) is 8.99. The molecule has 3 rings (SSSR count). The number of rotatable bonds is 3. The van der Waals surface area contributed by atoms with Crippen LogP contribution in [0.3, 0.4) is 0 Å². The van der Waals surface area contributed by atoms with Crippen molar-refractivity contribution in [2.24, 2.45) is 0 Å². The Morgan fingerprint density at radius 1 is 1.44 bits per heavy atom. The van der Waals surface area contributed by atoms with Gasteiger partial charge in [0.25, 0.3) is 0 Å². The molecule has 27 heavy (non-hydrogen) atoms. The Labute approximate surface area is 164 Å². The molecule has 1 saturated heterocycles. The van der Waals surface area contributed by atoms with Crippen molar-refractivity contribution < 1.29 is 9.53 Å². The minimum atomic E-state index is -0.555. The summed E-state index contributed by atoms with van der Waals surface area (Å²) < 4.78 is 5.30. The summed E-state index contributed by atoms with van der Waals surface area (Å²) in [6.45, 7) is 14.2. The second-order valence-corrected chi connectivity index (χ2v) is 8.30. The van der Waals surface area contributed by atoms with Crippen molar-refractivity contribution in [2.45, 2.75) is 57.6 Å². The van der Waals surface area contributed by atoms with E-state index in [1.54, 1.807) is 0 Å². The second-order valence-electron chi connectivity index (χ2n) is 7.94. The number of hydrogen-bond donors (Lipinski definition) is 1. The summed E-state index contributed by atoms with van der Waals surface area (Å²) in [6, 6.07) is 2.01. The molecular weight excluding hydrogens is 366 g/mol. The van der Waals surface area contributed by atoms with Gasteiger partial charge in [0.05, 0.1) is 18.2 Å². The van der Waals surface area contributed by atoms with Crippen LogP contribution in [-0.2, 0) is 4.74 Å². The minimum Gasteiger partial charge on any atom is -0.444 e. The van der Waals surface area contributed by atoms with Crippen molar-refractivity contribution in [1.29, 1.82) is 5.26 Å². The second kappa shape index (κ2) is 7.25. The first kappa shape index (κ1) is 19.3. The first-order valence-corrected chi connectivity index (χ1v) is 9.36. The topological polar surface area (TPSA) is 82.6 Å². The van der Waals surface area contributed by atoms with Gasteiger partial charge in [-0.15, -0.1) is 0 Å². The molecule has 2 aliphatic rings. The van der Waals surface area contributed by atoms with Crippen LogP contribution in [-0.4, -0.2) is 35.8 Å². The van der Waals surface area contributed by atoms with E-state index in [2.05, 4.69) is 21.2 Å². The van der Waals surface area contributed by atoms with Crippen LogP contribution < -0.4 is 10.2 Å². The maximum atomic E-state index is 12.0. The lowest BCUT2D eigenvalue weighted by Crippen LogP contribution is -2.40. The highest BCUT2D eigenvalue weighted by Crippen LogP contribution is 2.50. The number of amides is 1. The molecule has 1 N–H and O–H groups in total. The third kappa shape index (κ3) is 4.26. The van der Waals surface area contributed by atoms with Gasteiger partial charge < -0.3 is 15.0 Å². The number of alkyl carbamates (subject to hydrolysis) is 1. The molecule has 0 bridgehead atoms. The summed E-state index contributed by atoms with van der Waals surface area (Å²) in [7, 11) is 0. The lowest BCUT2D eigenvalue weighted by Gasteiger charge is -2.23. The van der Waals surface area contributed by atoms with Gasteiger partial charge in [0.1, 0.15) is 22.6 Å². The highest BCUT2D eigenvalue weighted by Gasteiger charge is 2.35. The van der Waals surface area contributed by atoms with Crippen LogP contribution in [0.15, 0.2) is 0 Å². The number of anilines is 1. The summed E-state index contributed by atoms with van der Waals surface area (Å²) in [5.74, 6) is 0.714. The number of halogens is 1. The van der Waals surface area contributed by atoms with Gasteiger partial charge in [-0.05, 0) is 51.5 Å². The van der Waals surface area contributed by atoms with Crippen molar-refractivity contribution in [3.8, 4) is 6.07 Å². The number of ether oxygens (including phenoxy) is 1. The van der Waals surface area contributed by atoms with E-state index in [9.17, 15) is 10.1 Å². The molecule has 0 radical (unpaired) electrons. The molecule has 7 nitrogen and oxygen atoms in total. The molecule has 0 unspecified atom stereocenters. The van der Waals surface area contributed by atoms with E-state index in [0.717, 1.165) is 24.8 Å². The van der Waals surface area contributed by atoms with Gasteiger partial charge in [-0.2, -0.15) is 5.26 Å². The quantitative estimate of drug-likeness (QED) is 0.622. The Morgan fingerprint density at radius 3 is 2.70 bits per heavy atom. The third-order valence-corrected chi connectivity index (χ3v) is 4.84. The fourth-order valence-electron chi connectivity index (χ4n) is 3.30. The van der Waals surface area contributed by atoms with Crippen molar-refractivity contribution in [3.05, 3.63) is 27.7 Å². The normalized spacial score (nSPS) is 19.3. The molecule has 1 aromatic heterocycles. The molecule has 1 amide bonds. The predicted octanol–water partition coefficient (Wildman–Crippen LogP) is 4.14. The predicted molar refractivity (Wildman–Crippen MR) is 102 cm³/mol. The van der Waals surface area contributed by atoms with Gasteiger partial charge in [0.2, 0.25) is 5.69 Å².